The van der Waals surface area contributed by atoms with E-state index >= 15 is 0 Å². The SMILES string of the molecule is CCc1cc(NC(=O)C(=O)N2C[C@@H](C)CC[C@@H]2c2ccc3sc([C@@H]4CN(C)CC(=O)N4C)nc3c2)cnc1N. The van der Waals surface area contributed by atoms with E-state index in [0.717, 1.165) is 45.7 Å². The van der Waals surface area contributed by atoms with Crippen LogP contribution < -0.4 is 11.1 Å². The van der Waals surface area contributed by atoms with Gasteiger partial charge in [-0.2, -0.15) is 0 Å². The largest absolute Gasteiger partial charge is 0.383 e. The van der Waals surface area contributed by atoms with Crippen LogP contribution in [0.3, 0.4) is 0 Å². The van der Waals surface area contributed by atoms with E-state index in [1.807, 2.05) is 44.1 Å². The number of hydrogen-bond acceptors (Lipinski definition) is 8. The topological polar surface area (TPSA) is 125 Å². The van der Waals surface area contributed by atoms with Crippen LogP contribution in [0.25, 0.3) is 10.2 Å². The number of hydrogen-bond donors (Lipinski definition) is 2. The van der Waals surface area contributed by atoms with Gasteiger partial charge in [-0.25, -0.2) is 9.97 Å². The second kappa shape index (κ2) is 10.9. The second-order valence-corrected chi connectivity index (χ2v) is 11.8. The van der Waals surface area contributed by atoms with Gasteiger partial charge in [0, 0.05) is 20.1 Å². The summed E-state index contributed by atoms with van der Waals surface area (Å²) in [6.07, 6.45) is 3.86. The Bertz CT molecular complexity index is 1420. The number of carbonyl (C=O) groups excluding carboxylic acids is 3. The van der Waals surface area contributed by atoms with Crippen LogP contribution in [0.4, 0.5) is 11.5 Å². The Hall–Kier alpha value is -3.57. The second-order valence-electron chi connectivity index (χ2n) is 10.7. The van der Waals surface area contributed by atoms with Crippen LogP contribution in [0, 0.1) is 5.92 Å². The molecule has 3 N–H and O–H groups in total. The van der Waals surface area contributed by atoms with Crippen molar-refractivity contribution in [2.45, 2.75) is 45.2 Å². The third-order valence-electron chi connectivity index (χ3n) is 7.76. The molecule has 2 aliphatic heterocycles. The summed E-state index contributed by atoms with van der Waals surface area (Å²) in [5, 5.41) is 3.61. The molecule has 0 spiro atoms. The first-order valence-corrected chi connectivity index (χ1v) is 14.2. The summed E-state index contributed by atoms with van der Waals surface area (Å²) in [5.41, 5.74) is 8.96. The number of nitrogens with one attached hydrogen (secondary N) is 1. The molecule has 10 nitrogen and oxygen atoms in total. The molecule has 5 rings (SSSR count). The lowest BCUT2D eigenvalue weighted by molar-refractivity contribution is -0.146. The van der Waals surface area contributed by atoms with Crippen molar-refractivity contribution in [1.82, 2.24) is 24.7 Å². The van der Waals surface area contributed by atoms with Crippen molar-refractivity contribution in [3.8, 4) is 0 Å². The number of benzene rings is 1. The summed E-state index contributed by atoms with van der Waals surface area (Å²) >= 11 is 1.59. The van der Waals surface area contributed by atoms with E-state index < -0.39 is 11.8 Å². The summed E-state index contributed by atoms with van der Waals surface area (Å²) in [7, 11) is 3.78. The standard InChI is InChI=1S/C28H35N7O3S/c1-5-17-10-19(12-30-25(17)29)31-26(37)28(38)35-13-16(2)6-8-21(35)18-7-9-23-20(11-18)32-27(39-23)22-14-33(3)15-24(36)34(22)4/h7,9-12,16,21-22H,5-6,8,13-15H2,1-4H3,(H2,29,30)(H,31,37)/t16-,21+,22-/m0/s1. The first kappa shape index (κ1) is 27.0. The first-order chi connectivity index (χ1) is 18.6. The van der Waals surface area contributed by atoms with Crippen LogP contribution in [-0.2, 0) is 20.8 Å². The summed E-state index contributed by atoms with van der Waals surface area (Å²) in [6.45, 7) is 5.70. The molecule has 2 saturated heterocycles. The van der Waals surface area contributed by atoms with Gasteiger partial charge in [0.25, 0.3) is 0 Å². The van der Waals surface area contributed by atoms with Crippen molar-refractivity contribution in [1.29, 1.82) is 0 Å². The number of piperidine rings is 1. The Kier molecular flexibility index (Phi) is 7.55. The van der Waals surface area contributed by atoms with Gasteiger partial charge in [-0.05, 0) is 61.6 Å². The lowest BCUT2D eigenvalue weighted by atomic mass is 9.89. The maximum Gasteiger partial charge on any atom is 0.313 e. The Labute approximate surface area is 232 Å². The molecule has 206 valence electrons. The molecule has 2 aliphatic rings. The molecule has 3 amide bonds. The maximum atomic E-state index is 13.4. The molecule has 2 fully saturated rings. The Morgan fingerprint density at radius 1 is 1.15 bits per heavy atom. The van der Waals surface area contributed by atoms with E-state index in [4.69, 9.17) is 10.7 Å². The highest BCUT2D eigenvalue weighted by Gasteiger charge is 2.35. The van der Waals surface area contributed by atoms with Gasteiger partial charge < -0.3 is 20.9 Å². The molecule has 0 radical (unpaired) electrons. The molecule has 0 saturated carbocycles. The lowest BCUT2D eigenvalue weighted by Crippen LogP contribution is -2.48. The number of piperazine rings is 1. The highest BCUT2D eigenvalue weighted by molar-refractivity contribution is 7.18. The molecule has 4 heterocycles. The van der Waals surface area contributed by atoms with Crippen LogP contribution in [0.5, 0.6) is 0 Å². The van der Waals surface area contributed by atoms with Gasteiger partial charge >= 0.3 is 11.8 Å². The number of fused-ring (bicyclic) bond motifs is 1. The minimum atomic E-state index is -0.686. The number of pyridine rings is 1. The number of aryl methyl sites for hydroxylation is 1. The first-order valence-electron chi connectivity index (χ1n) is 13.4. The average Bonchev–Trinajstić information content (AvgIpc) is 3.34. The summed E-state index contributed by atoms with van der Waals surface area (Å²) in [5.74, 6) is -0.465. The lowest BCUT2D eigenvalue weighted by Gasteiger charge is -2.38. The van der Waals surface area contributed by atoms with Crippen molar-refractivity contribution in [2.75, 3.05) is 44.8 Å². The van der Waals surface area contributed by atoms with Crippen molar-refractivity contribution in [3.63, 3.8) is 0 Å². The molecule has 39 heavy (non-hydrogen) atoms. The third kappa shape index (κ3) is 5.46. The third-order valence-corrected chi connectivity index (χ3v) is 8.90. The molecular weight excluding hydrogens is 514 g/mol. The number of nitrogens with zero attached hydrogens (tertiary/aromatic N) is 5. The number of nitrogen functional groups attached to an aromatic ring is 1. The van der Waals surface area contributed by atoms with E-state index in [1.54, 1.807) is 27.2 Å². The zero-order chi connectivity index (χ0) is 27.8. The molecular formula is C28H35N7O3S. The monoisotopic (exact) mass is 549 g/mol. The van der Waals surface area contributed by atoms with Crippen LogP contribution in [0.1, 0.15) is 54.9 Å². The van der Waals surface area contributed by atoms with Gasteiger partial charge in [0.2, 0.25) is 5.91 Å². The van der Waals surface area contributed by atoms with E-state index in [2.05, 4.69) is 17.2 Å². The number of likely N-dealkylation sites (N-methyl/N-ethyl adjacent to an activating group) is 2. The summed E-state index contributed by atoms with van der Waals surface area (Å²) in [4.78, 5) is 53.4. The van der Waals surface area contributed by atoms with Crippen LogP contribution in [0.2, 0.25) is 0 Å². The Balaban J connectivity index is 1.38. The number of thiazole rings is 1. The average molecular weight is 550 g/mol. The number of carbonyl (C=O) groups is 3. The van der Waals surface area contributed by atoms with Gasteiger partial charge in [0.1, 0.15) is 10.8 Å². The summed E-state index contributed by atoms with van der Waals surface area (Å²) < 4.78 is 1.03. The number of aromatic nitrogens is 2. The van der Waals surface area contributed by atoms with Crippen molar-refractivity contribution < 1.29 is 14.4 Å². The van der Waals surface area contributed by atoms with Gasteiger partial charge in [0.05, 0.1) is 40.7 Å². The molecule has 3 atom stereocenters. The molecule has 1 aromatic carbocycles. The van der Waals surface area contributed by atoms with Crippen molar-refractivity contribution in [2.24, 2.45) is 5.92 Å². The van der Waals surface area contributed by atoms with Gasteiger partial charge in [-0.3, -0.25) is 19.3 Å². The molecule has 0 unspecified atom stereocenters. The van der Waals surface area contributed by atoms with Gasteiger partial charge in [-0.1, -0.05) is 19.9 Å². The minimum Gasteiger partial charge on any atom is -0.383 e. The Morgan fingerprint density at radius 3 is 2.72 bits per heavy atom. The fourth-order valence-electron chi connectivity index (χ4n) is 5.47. The number of likely N-dealkylation sites (tertiary alicyclic amines) is 1. The Morgan fingerprint density at radius 2 is 1.95 bits per heavy atom. The molecule has 0 aliphatic carbocycles. The fraction of sp³-hybridized carbons (Fsp3) is 0.464. The predicted octanol–water partition coefficient (Wildman–Crippen LogP) is 3.22. The quantitative estimate of drug-likeness (QED) is 0.479. The predicted molar refractivity (Wildman–Crippen MR) is 152 cm³/mol. The van der Waals surface area contributed by atoms with Crippen molar-refractivity contribution >= 4 is 50.8 Å². The van der Waals surface area contributed by atoms with E-state index in [9.17, 15) is 14.4 Å². The normalized spacial score (nSPS) is 22.4. The fourth-order valence-corrected chi connectivity index (χ4v) is 6.55. The number of nitrogens with two attached hydrogens (primary N) is 1. The smallest absolute Gasteiger partial charge is 0.313 e. The number of anilines is 2. The maximum absolute atomic E-state index is 13.4. The van der Waals surface area contributed by atoms with E-state index in [1.165, 1.54) is 6.20 Å². The number of amides is 3. The summed E-state index contributed by atoms with van der Waals surface area (Å²) in [6, 6.07) is 7.53. The number of rotatable bonds is 4. The zero-order valence-corrected chi connectivity index (χ0v) is 23.6. The minimum absolute atomic E-state index is 0.0816. The highest BCUT2D eigenvalue weighted by atomic mass is 32.1. The molecule has 2 aromatic heterocycles. The van der Waals surface area contributed by atoms with Crippen LogP contribution in [0.15, 0.2) is 30.5 Å². The molecule has 11 heteroatoms. The van der Waals surface area contributed by atoms with Crippen LogP contribution >= 0.6 is 11.3 Å². The zero-order valence-electron chi connectivity index (χ0n) is 22.8. The molecule has 0 bridgehead atoms. The van der Waals surface area contributed by atoms with Crippen molar-refractivity contribution in [3.05, 3.63) is 46.6 Å². The van der Waals surface area contributed by atoms with E-state index in [0.29, 0.717) is 31.0 Å². The van der Waals surface area contributed by atoms with Crippen LogP contribution in [-0.4, -0.2) is 76.1 Å². The van der Waals surface area contributed by atoms with E-state index in [-0.39, 0.29) is 23.9 Å². The van der Waals surface area contributed by atoms with Gasteiger partial charge in [0.15, 0.2) is 0 Å². The molecule has 3 aromatic rings. The van der Waals surface area contributed by atoms with Gasteiger partial charge in [-0.15, -0.1) is 11.3 Å². The highest BCUT2D eigenvalue weighted by Crippen LogP contribution is 2.37.